The van der Waals surface area contributed by atoms with Crippen LogP contribution in [0, 0.1) is 0 Å². The van der Waals surface area contributed by atoms with Crippen LogP contribution in [0.3, 0.4) is 0 Å². The molecule has 0 saturated heterocycles. The number of oxime groups is 1. The third-order valence-corrected chi connectivity index (χ3v) is 2.53. The van der Waals surface area contributed by atoms with E-state index < -0.39 is 12.1 Å². The second-order valence-corrected chi connectivity index (χ2v) is 3.98. The van der Waals surface area contributed by atoms with Gasteiger partial charge in [-0.05, 0) is 6.92 Å². The molecule has 1 aliphatic heterocycles. The molecule has 8 heteroatoms. The quantitative estimate of drug-likeness (QED) is 0.755. The first-order valence-electron chi connectivity index (χ1n) is 6.13. The van der Waals surface area contributed by atoms with Crippen molar-refractivity contribution in [3.8, 4) is 0 Å². The summed E-state index contributed by atoms with van der Waals surface area (Å²) in [7, 11) is 0. The average Bonchev–Trinajstić information content (AvgIpc) is 2.95. The van der Waals surface area contributed by atoms with Crippen LogP contribution in [0.15, 0.2) is 23.7 Å². The van der Waals surface area contributed by atoms with E-state index in [1.54, 1.807) is 6.92 Å². The Kier molecular flexibility index (Phi) is 4.59. The van der Waals surface area contributed by atoms with Gasteiger partial charge in [0.1, 0.15) is 5.69 Å². The number of amides is 1. The van der Waals surface area contributed by atoms with Gasteiger partial charge in [0.15, 0.2) is 0 Å². The standard InChI is InChI=1S/C12H14N4O4/c1-2-19-12(18)10-5-8(16-20-10)6-15-11(17)9-7-13-3-4-14-9/h3-4,7,10H,2,5-6H2,1H3,(H,15,17). The molecule has 0 fully saturated rings. The molecule has 1 N–H and O–H groups in total. The average molecular weight is 278 g/mol. The van der Waals surface area contributed by atoms with E-state index in [1.165, 1.54) is 18.6 Å². The third kappa shape index (κ3) is 3.50. The summed E-state index contributed by atoms with van der Waals surface area (Å²) < 4.78 is 4.83. The molecule has 1 unspecified atom stereocenters. The Morgan fingerprint density at radius 2 is 2.35 bits per heavy atom. The minimum Gasteiger partial charge on any atom is -0.463 e. The molecule has 1 atom stereocenters. The zero-order valence-corrected chi connectivity index (χ0v) is 10.9. The van der Waals surface area contributed by atoms with Crippen LogP contribution in [0.5, 0.6) is 0 Å². The molecule has 2 rings (SSSR count). The minimum atomic E-state index is -0.724. The zero-order chi connectivity index (χ0) is 14.4. The normalized spacial score (nSPS) is 17.1. The molecule has 0 saturated carbocycles. The number of carbonyl (C=O) groups is 2. The van der Waals surface area contributed by atoms with E-state index in [0.29, 0.717) is 12.1 Å². The second-order valence-electron chi connectivity index (χ2n) is 3.98. The third-order valence-electron chi connectivity index (χ3n) is 2.53. The van der Waals surface area contributed by atoms with Gasteiger partial charge >= 0.3 is 5.97 Å². The smallest absolute Gasteiger partial charge is 0.350 e. The van der Waals surface area contributed by atoms with Gasteiger partial charge in [-0.2, -0.15) is 0 Å². The molecule has 2 heterocycles. The summed E-state index contributed by atoms with van der Waals surface area (Å²) in [6.07, 6.45) is 3.86. The van der Waals surface area contributed by atoms with Crippen molar-refractivity contribution in [2.75, 3.05) is 13.2 Å². The summed E-state index contributed by atoms with van der Waals surface area (Å²) in [5.74, 6) is -0.813. The maximum absolute atomic E-state index is 11.7. The number of nitrogens with zero attached hydrogens (tertiary/aromatic N) is 3. The van der Waals surface area contributed by atoms with Crippen LogP contribution in [-0.4, -0.2) is 46.8 Å². The van der Waals surface area contributed by atoms with Crippen LogP contribution in [0.2, 0.25) is 0 Å². The van der Waals surface area contributed by atoms with E-state index in [-0.39, 0.29) is 24.8 Å². The first kappa shape index (κ1) is 13.9. The number of nitrogens with one attached hydrogen (secondary N) is 1. The molecule has 1 amide bonds. The number of ether oxygens (including phenoxy) is 1. The lowest BCUT2D eigenvalue weighted by Crippen LogP contribution is -2.31. The Labute approximate surface area is 115 Å². The molecule has 0 bridgehead atoms. The van der Waals surface area contributed by atoms with Crippen molar-refractivity contribution in [1.29, 1.82) is 0 Å². The van der Waals surface area contributed by atoms with Crippen molar-refractivity contribution in [2.45, 2.75) is 19.4 Å². The van der Waals surface area contributed by atoms with Gasteiger partial charge in [0.25, 0.3) is 5.91 Å². The molecular weight excluding hydrogens is 264 g/mol. The summed E-state index contributed by atoms with van der Waals surface area (Å²) in [6, 6.07) is 0. The van der Waals surface area contributed by atoms with E-state index in [0.717, 1.165) is 0 Å². The fraction of sp³-hybridized carbons (Fsp3) is 0.417. The largest absolute Gasteiger partial charge is 0.463 e. The van der Waals surface area contributed by atoms with Gasteiger partial charge in [0, 0.05) is 18.8 Å². The number of hydrogen-bond donors (Lipinski definition) is 1. The van der Waals surface area contributed by atoms with Crippen LogP contribution >= 0.6 is 0 Å². The molecular formula is C12H14N4O4. The van der Waals surface area contributed by atoms with Crippen molar-refractivity contribution in [2.24, 2.45) is 5.16 Å². The number of hydrogen-bond acceptors (Lipinski definition) is 7. The summed E-state index contributed by atoms with van der Waals surface area (Å²) in [4.78, 5) is 35.8. The van der Waals surface area contributed by atoms with E-state index in [9.17, 15) is 9.59 Å². The molecule has 1 aliphatic rings. The summed E-state index contributed by atoms with van der Waals surface area (Å²) >= 11 is 0. The van der Waals surface area contributed by atoms with E-state index in [4.69, 9.17) is 9.57 Å². The van der Waals surface area contributed by atoms with Crippen LogP contribution < -0.4 is 5.32 Å². The number of aromatic nitrogens is 2. The van der Waals surface area contributed by atoms with Crippen molar-refractivity contribution >= 4 is 17.6 Å². The summed E-state index contributed by atoms with van der Waals surface area (Å²) in [5.41, 5.74) is 0.786. The molecule has 20 heavy (non-hydrogen) atoms. The Hall–Kier alpha value is -2.51. The first-order chi connectivity index (χ1) is 9.70. The maximum atomic E-state index is 11.7. The molecule has 8 nitrogen and oxygen atoms in total. The van der Waals surface area contributed by atoms with Crippen molar-refractivity contribution in [3.05, 3.63) is 24.3 Å². The van der Waals surface area contributed by atoms with E-state index in [2.05, 4.69) is 20.4 Å². The SMILES string of the molecule is CCOC(=O)C1CC(CNC(=O)c2cnccn2)=NO1. The number of esters is 1. The van der Waals surface area contributed by atoms with Crippen molar-refractivity contribution in [1.82, 2.24) is 15.3 Å². The van der Waals surface area contributed by atoms with Gasteiger partial charge in [-0.25, -0.2) is 9.78 Å². The Balaban J connectivity index is 1.79. The topological polar surface area (TPSA) is 103 Å². The first-order valence-corrected chi connectivity index (χ1v) is 6.13. The van der Waals surface area contributed by atoms with Gasteiger partial charge in [0.2, 0.25) is 6.10 Å². The Bertz CT molecular complexity index is 517. The molecule has 0 radical (unpaired) electrons. The zero-order valence-electron chi connectivity index (χ0n) is 10.9. The highest BCUT2D eigenvalue weighted by atomic mass is 16.7. The molecule has 106 valence electrons. The fourth-order valence-electron chi connectivity index (χ4n) is 1.58. The lowest BCUT2D eigenvalue weighted by atomic mass is 10.2. The summed E-state index contributed by atoms with van der Waals surface area (Å²) in [5, 5.41) is 6.38. The highest BCUT2D eigenvalue weighted by Crippen LogP contribution is 2.11. The van der Waals surface area contributed by atoms with Crippen LogP contribution in [0.1, 0.15) is 23.8 Å². The van der Waals surface area contributed by atoms with Gasteiger partial charge in [0.05, 0.1) is 25.1 Å². The van der Waals surface area contributed by atoms with Crippen molar-refractivity contribution < 1.29 is 19.2 Å². The summed E-state index contributed by atoms with van der Waals surface area (Å²) in [6.45, 7) is 2.19. The van der Waals surface area contributed by atoms with Gasteiger partial charge < -0.3 is 14.9 Å². The lowest BCUT2D eigenvalue weighted by Gasteiger charge is -2.06. The Morgan fingerprint density at radius 1 is 1.50 bits per heavy atom. The van der Waals surface area contributed by atoms with Crippen LogP contribution in [0.25, 0.3) is 0 Å². The Morgan fingerprint density at radius 3 is 3.05 bits per heavy atom. The molecule has 0 aliphatic carbocycles. The molecule has 1 aromatic heterocycles. The monoisotopic (exact) mass is 278 g/mol. The second kappa shape index (κ2) is 6.60. The number of carbonyl (C=O) groups excluding carboxylic acids is 2. The van der Waals surface area contributed by atoms with Crippen LogP contribution in [-0.2, 0) is 14.4 Å². The van der Waals surface area contributed by atoms with Gasteiger partial charge in [-0.3, -0.25) is 9.78 Å². The minimum absolute atomic E-state index is 0.186. The maximum Gasteiger partial charge on any atom is 0.350 e. The highest BCUT2D eigenvalue weighted by molar-refractivity contribution is 5.98. The predicted octanol–water partition coefficient (Wildman–Crippen LogP) is -0.0856. The predicted molar refractivity (Wildman–Crippen MR) is 67.9 cm³/mol. The van der Waals surface area contributed by atoms with E-state index in [1.807, 2.05) is 0 Å². The van der Waals surface area contributed by atoms with Gasteiger partial charge in [-0.15, -0.1) is 0 Å². The molecule has 0 aromatic carbocycles. The number of rotatable bonds is 5. The van der Waals surface area contributed by atoms with Crippen LogP contribution in [0.4, 0.5) is 0 Å². The molecule has 0 spiro atoms. The lowest BCUT2D eigenvalue weighted by molar-refractivity contribution is -0.154. The van der Waals surface area contributed by atoms with Crippen molar-refractivity contribution in [3.63, 3.8) is 0 Å². The van der Waals surface area contributed by atoms with E-state index >= 15 is 0 Å². The van der Waals surface area contributed by atoms with Gasteiger partial charge in [-0.1, -0.05) is 5.16 Å². The molecule has 1 aromatic rings. The highest BCUT2D eigenvalue weighted by Gasteiger charge is 2.29. The fourth-order valence-corrected chi connectivity index (χ4v) is 1.58.